The summed E-state index contributed by atoms with van der Waals surface area (Å²) in [5.41, 5.74) is 0. The molecule has 13 nitrogen and oxygen atoms in total. The van der Waals surface area contributed by atoms with E-state index in [9.17, 15) is 44.6 Å². The Labute approximate surface area is 279 Å². The number of carbonyl (C=O) groups is 2. The summed E-state index contributed by atoms with van der Waals surface area (Å²) < 4.78 is 32.6. The summed E-state index contributed by atoms with van der Waals surface area (Å²) in [7, 11) is -5.08. The molecule has 0 radical (unpaired) electrons. The number of unbranched alkanes of at least 4 members (excludes halogenated alkanes) is 10. The highest BCUT2D eigenvalue weighted by Crippen LogP contribution is 2.47. The van der Waals surface area contributed by atoms with E-state index in [0.717, 1.165) is 57.8 Å². The lowest BCUT2D eigenvalue weighted by atomic mass is 9.85. The maximum absolute atomic E-state index is 12.6. The summed E-state index contributed by atoms with van der Waals surface area (Å²) in [6.07, 6.45) is 10.4. The Kier molecular flexibility index (Phi) is 23.4. The third kappa shape index (κ3) is 19.2. The fourth-order valence-corrected chi connectivity index (χ4v) is 5.91. The molecule has 6 N–H and O–H groups in total. The van der Waals surface area contributed by atoms with Crippen LogP contribution in [0.25, 0.3) is 0 Å². The number of aliphatic hydroxyl groups excluding tert-OH is 5. The maximum atomic E-state index is 12.6. The molecule has 1 saturated carbocycles. The number of rotatable bonds is 26. The number of ether oxygens (including phenoxy) is 2. The quantitative estimate of drug-likeness (QED) is 0.0326. The van der Waals surface area contributed by atoms with E-state index in [-0.39, 0.29) is 12.8 Å². The van der Waals surface area contributed by atoms with Crippen LogP contribution in [0.3, 0.4) is 0 Å². The van der Waals surface area contributed by atoms with Gasteiger partial charge in [-0.2, -0.15) is 0 Å². The molecular weight excluding hydrogens is 635 g/mol. The van der Waals surface area contributed by atoms with Crippen LogP contribution in [0.15, 0.2) is 24.3 Å². The third-order valence-electron chi connectivity index (χ3n) is 7.77. The average Bonchev–Trinajstić information content (AvgIpc) is 3.04. The summed E-state index contributed by atoms with van der Waals surface area (Å²) in [6.45, 7) is 2.79. The van der Waals surface area contributed by atoms with Crippen molar-refractivity contribution in [2.24, 2.45) is 0 Å². The largest absolute Gasteiger partial charge is 0.472 e. The number of aliphatic hydroxyl groups is 5. The lowest BCUT2D eigenvalue weighted by Crippen LogP contribution is -2.64. The molecule has 1 fully saturated rings. The van der Waals surface area contributed by atoms with Gasteiger partial charge in [-0.25, -0.2) is 4.57 Å². The highest BCUT2D eigenvalue weighted by Gasteiger charge is 2.51. The van der Waals surface area contributed by atoms with Gasteiger partial charge in [0.25, 0.3) is 0 Å². The van der Waals surface area contributed by atoms with Crippen LogP contribution in [0.1, 0.15) is 117 Å². The Morgan fingerprint density at radius 2 is 1.19 bits per heavy atom. The van der Waals surface area contributed by atoms with Gasteiger partial charge in [0.05, 0.1) is 6.61 Å². The number of phosphoric acid groups is 1. The van der Waals surface area contributed by atoms with E-state index in [1.54, 1.807) is 6.92 Å². The van der Waals surface area contributed by atoms with Crippen molar-refractivity contribution < 1.29 is 63.1 Å². The summed E-state index contributed by atoms with van der Waals surface area (Å²) in [5, 5.41) is 49.5. The standard InChI is InChI=1S/C33H59O13P/c1-3-5-6-7-8-9-10-11-12-13-14-15-16-17-18-19-20-22-27(35)45-25(23-43-26(34)21-4-2)24-44-47(41,42)46-33-31(39)29(37)28(36)30(38)32(33)40/h8-9,11-12,25,28-33,36-40H,3-7,10,13-24H2,1-2H3,(H,41,42)/b9-8-,12-11-. The monoisotopic (exact) mass is 694 g/mol. The van der Waals surface area contributed by atoms with Crippen molar-refractivity contribution in [3.05, 3.63) is 24.3 Å². The van der Waals surface area contributed by atoms with Crippen LogP contribution < -0.4 is 0 Å². The Hall–Kier alpha value is -1.67. The molecule has 0 bridgehead atoms. The Morgan fingerprint density at radius 1 is 0.660 bits per heavy atom. The first-order chi connectivity index (χ1) is 22.4. The van der Waals surface area contributed by atoms with Gasteiger partial charge < -0.3 is 39.9 Å². The van der Waals surface area contributed by atoms with Crippen molar-refractivity contribution in [3.8, 4) is 0 Å². The molecule has 0 amide bonds. The van der Waals surface area contributed by atoms with Gasteiger partial charge in [-0.05, 0) is 44.9 Å². The van der Waals surface area contributed by atoms with Crippen LogP contribution >= 0.6 is 7.82 Å². The molecule has 0 aromatic heterocycles. The molecule has 1 aliphatic rings. The van der Waals surface area contributed by atoms with E-state index in [1.165, 1.54) is 19.3 Å². The summed E-state index contributed by atoms with van der Waals surface area (Å²) >= 11 is 0. The minimum Gasteiger partial charge on any atom is -0.462 e. The van der Waals surface area contributed by atoms with Crippen molar-refractivity contribution in [1.29, 1.82) is 0 Å². The van der Waals surface area contributed by atoms with Crippen LogP contribution in [0, 0.1) is 0 Å². The molecule has 47 heavy (non-hydrogen) atoms. The summed E-state index contributed by atoms with van der Waals surface area (Å²) in [5.74, 6) is -1.17. The highest BCUT2D eigenvalue weighted by atomic mass is 31.2. The van der Waals surface area contributed by atoms with E-state index in [4.69, 9.17) is 18.5 Å². The Balaban J connectivity index is 2.38. The van der Waals surface area contributed by atoms with Gasteiger partial charge in [0.15, 0.2) is 6.10 Å². The van der Waals surface area contributed by atoms with Gasteiger partial charge >= 0.3 is 19.8 Å². The molecule has 0 saturated heterocycles. The van der Waals surface area contributed by atoms with E-state index < -0.39 is 75.7 Å². The van der Waals surface area contributed by atoms with E-state index in [2.05, 4.69) is 31.2 Å². The summed E-state index contributed by atoms with van der Waals surface area (Å²) in [6, 6.07) is 0. The van der Waals surface area contributed by atoms with E-state index in [1.807, 2.05) is 0 Å². The zero-order chi connectivity index (χ0) is 35.1. The van der Waals surface area contributed by atoms with Crippen molar-refractivity contribution in [2.75, 3.05) is 13.2 Å². The molecule has 0 aromatic rings. The fraction of sp³-hybridized carbons (Fsp3) is 0.818. The molecule has 14 heteroatoms. The van der Waals surface area contributed by atoms with Gasteiger partial charge in [-0.1, -0.05) is 83.1 Å². The average molecular weight is 695 g/mol. The van der Waals surface area contributed by atoms with Crippen LogP contribution in [0.2, 0.25) is 0 Å². The van der Waals surface area contributed by atoms with Crippen molar-refractivity contribution in [2.45, 2.75) is 159 Å². The number of allylic oxidation sites excluding steroid dienone is 4. The second-order valence-electron chi connectivity index (χ2n) is 12.0. The molecule has 1 rings (SSSR count). The first kappa shape index (κ1) is 43.4. The van der Waals surface area contributed by atoms with Crippen LogP contribution in [0.4, 0.5) is 0 Å². The second kappa shape index (κ2) is 25.3. The van der Waals surface area contributed by atoms with E-state index in [0.29, 0.717) is 12.8 Å². The van der Waals surface area contributed by atoms with Crippen molar-refractivity contribution in [1.82, 2.24) is 0 Å². The minimum atomic E-state index is -5.08. The zero-order valence-electron chi connectivity index (χ0n) is 28.1. The van der Waals surface area contributed by atoms with Gasteiger partial charge in [0.1, 0.15) is 43.2 Å². The molecule has 6 atom stereocenters. The number of esters is 2. The predicted molar refractivity (Wildman–Crippen MR) is 175 cm³/mol. The van der Waals surface area contributed by atoms with Gasteiger partial charge in [-0.15, -0.1) is 0 Å². The smallest absolute Gasteiger partial charge is 0.462 e. The van der Waals surface area contributed by atoms with Crippen molar-refractivity contribution in [3.63, 3.8) is 0 Å². The summed E-state index contributed by atoms with van der Waals surface area (Å²) in [4.78, 5) is 34.5. The predicted octanol–water partition coefficient (Wildman–Crippen LogP) is 4.16. The van der Waals surface area contributed by atoms with Crippen molar-refractivity contribution >= 4 is 19.8 Å². The number of phosphoric ester groups is 1. The molecule has 0 spiro atoms. The van der Waals surface area contributed by atoms with Gasteiger partial charge in [-0.3, -0.25) is 18.6 Å². The first-order valence-electron chi connectivity index (χ1n) is 17.1. The number of hydrogen-bond donors (Lipinski definition) is 6. The van der Waals surface area contributed by atoms with Gasteiger partial charge in [0, 0.05) is 12.8 Å². The lowest BCUT2D eigenvalue weighted by Gasteiger charge is -2.41. The number of hydrogen-bond acceptors (Lipinski definition) is 12. The lowest BCUT2D eigenvalue weighted by molar-refractivity contribution is -0.220. The molecule has 6 unspecified atom stereocenters. The second-order valence-corrected chi connectivity index (χ2v) is 13.4. The van der Waals surface area contributed by atoms with Crippen LogP contribution in [-0.4, -0.2) is 98.3 Å². The normalized spacial score (nSPS) is 25.2. The molecule has 0 heterocycles. The van der Waals surface area contributed by atoms with Crippen LogP contribution in [-0.2, 0) is 32.7 Å². The molecule has 1 aliphatic carbocycles. The topological polar surface area (TPSA) is 210 Å². The first-order valence-corrected chi connectivity index (χ1v) is 18.6. The maximum Gasteiger partial charge on any atom is 0.472 e. The fourth-order valence-electron chi connectivity index (χ4n) is 4.94. The molecule has 0 aromatic carbocycles. The van der Waals surface area contributed by atoms with Crippen LogP contribution in [0.5, 0.6) is 0 Å². The SMILES string of the molecule is CCCCC/C=C\C/C=C\CCCCCCCCCC(=O)OC(COC(=O)CCC)COP(=O)(O)OC1C(O)C(O)C(O)C(O)C1O. The Bertz CT molecular complexity index is 943. The number of carbonyl (C=O) groups excluding carboxylic acids is 2. The van der Waals surface area contributed by atoms with E-state index >= 15 is 0 Å². The molecule has 274 valence electrons. The van der Waals surface area contributed by atoms with Gasteiger partial charge in [0.2, 0.25) is 0 Å². The zero-order valence-corrected chi connectivity index (χ0v) is 29.0. The highest BCUT2D eigenvalue weighted by molar-refractivity contribution is 7.47. The molecule has 0 aliphatic heterocycles. The molecular formula is C33H59O13P. The minimum absolute atomic E-state index is 0.0864. The Morgan fingerprint density at radius 3 is 1.77 bits per heavy atom. The third-order valence-corrected chi connectivity index (χ3v) is 8.75.